The van der Waals surface area contributed by atoms with E-state index in [1.807, 2.05) is 5.38 Å². The highest BCUT2D eigenvalue weighted by Gasteiger charge is 2.28. The van der Waals surface area contributed by atoms with Crippen molar-refractivity contribution in [2.45, 2.75) is 6.18 Å². The van der Waals surface area contributed by atoms with Crippen molar-refractivity contribution in [3.63, 3.8) is 0 Å². The number of anilines is 1. The molecule has 0 aliphatic rings. The van der Waals surface area contributed by atoms with Crippen molar-refractivity contribution in [2.24, 2.45) is 0 Å². The number of alkyl halides is 3. The van der Waals surface area contributed by atoms with Gasteiger partial charge in [0, 0.05) is 17.6 Å². The smallest absolute Gasteiger partial charge is 0.422 e. The molecule has 106 valence electrons. The third-order valence-electron chi connectivity index (χ3n) is 2.16. The molecule has 0 aliphatic carbocycles. The maximum Gasteiger partial charge on any atom is 0.422 e. The Balaban J connectivity index is 1.95. The first-order valence-corrected chi connectivity index (χ1v) is 6.37. The van der Waals surface area contributed by atoms with Gasteiger partial charge in [-0.05, 0) is 17.5 Å². The topological polar surface area (TPSA) is 51.2 Å². The maximum absolute atomic E-state index is 11.9. The Bertz CT molecular complexity index is 567. The van der Waals surface area contributed by atoms with Crippen LogP contribution in [0.4, 0.5) is 18.9 Å². The molecule has 2 aromatic rings. The van der Waals surface area contributed by atoms with E-state index in [0.717, 1.165) is 6.20 Å². The largest absolute Gasteiger partial charge is 0.468 e. The van der Waals surface area contributed by atoms with Crippen LogP contribution in [0.3, 0.4) is 0 Å². The number of carbonyl (C=O) groups is 1. The number of hydrogen-bond acceptors (Lipinski definition) is 4. The first kappa shape index (κ1) is 14.3. The Kier molecular flexibility index (Phi) is 4.23. The highest BCUT2D eigenvalue weighted by molar-refractivity contribution is 7.08. The number of carbonyl (C=O) groups excluding carboxylic acids is 1. The molecule has 0 aromatic carbocycles. The molecular weight excluding hydrogens is 293 g/mol. The maximum atomic E-state index is 11.9. The van der Waals surface area contributed by atoms with Crippen LogP contribution in [0, 0.1) is 0 Å². The van der Waals surface area contributed by atoms with Crippen molar-refractivity contribution >= 4 is 22.9 Å². The number of halogens is 3. The summed E-state index contributed by atoms with van der Waals surface area (Å²) < 4.78 is 40.3. The van der Waals surface area contributed by atoms with E-state index < -0.39 is 18.7 Å². The molecule has 0 atom stereocenters. The minimum Gasteiger partial charge on any atom is -0.468 e. The standard InChI is InChI=1S/C12H9F3N2O2S/c13-12(14,15)7-19-10-2-1-8(5-16-10)11(18)17-9-3-4-20-6-9/h1-6H,7H2,(H,17,18). The van der Waals surface area contributed by atoms with Crippen LogP contribution in [0.25, 0.3) is 0 Å². The fourth-order valence-corrected chi connectivity index (χ4v) is 1.88. The number of amides is 1. The Labute approximate surface area is 116 Å². The summed E-state index contributed by atoms with van der Waals surface area (Å²) in [5, 5.41) is 6.19. The number of hydrogen-bond donors (Lipinski definition) is 1. The predicted molar refractivity (Wildman–Crippen MR) is 68.1 cm³/mol. The molecule has 20 heavy (non-hydrogen) atoms. The Morgan fingerprint density at radius 2 is 2.15 bits per heavy atom. The van der Waals surface area contributed by atoms with E-state index in [2.05, 4.69) is 15.0 Å². The molecule has 4 nitrogen and oxygen atoms in total. The van der Waals surface area contributed by atoms with Crippen LogP contribution in [-0.2, 0) is 0 Å². The van der Waals surface area contributed by atoms with Crippen LogP contribution in [0.15, 0.2) is 35.2 Å². The average Bonchev–Trinajstić information content (AvgIpc) is 2.89. The Hall–Kier alpha value is -2.09. The van der Waals surface area contributed by atoms with E-state index in [0.29, 0.717) is 5.69 Å². The van der Waals surface area contributed by atoms with Gasteiger partial charge in [0.25, 0.3) is 5.91 Å². The molecule has 0 spiro atoms. The van der Waals surface area contributed by atoms with Crippen molar-refractivity contribution in [2.75, 3.05) is 11.9 Å². The van der Waals surface area contributed by atoms with E-state index in [1.54, 1.807) is 11.4 Å². The van der Waals surface area contributed by atoms with Gasteiger partial charge < -0.3 is 10.1 Å². The Morgan fingerprint density at radius 1 is 1.35 bits per heavy atom. The van der Waals surface area contributed by atoms with Crippen LogP contribution in [0.5, 0.6) is 5.88 Å². The van der Waals surface area contributed by atoms with Gasteiger partial charge in [0.2, 0.25) is 5.88 Å². The van der Waals surface area contributed by atoms with Crippen molar-refractivity contribution in [1.82, 2.24) is 4.98 Å². The number of aromatic nitrogens is 1. The monoisotopic (exact) mass is 302 g/mol. The fraction of sp³-hybridized carbons (Fsp3) is 0.167. The number of nitrogens with one attached hydrogen (secondary N) is 1. The highest BCUT2D eigenvalue weighted by Crippen LogP contribution is 2.18. The fourth-order valence-electron chi connectivity index (χ4n) is 1.29. The van der Waals surface area contributed by atoms with Gasteiger partial charge >= 0.3 is 6.18 Å². The van der Waals surface area contributed by atoms with Crippen molar-refractivity contribution in [1.29, 1.82) is 0 Å². The summed E-state index contributed by atoms with van der Waals surface area (Å²) in [6, 6.07) is 4.30. The zero-order valence-corrected chi connectivity index (χ0v) is 10.8. The molecule has 0 saturated heterocycles. The minimum absolute atomic E-state index is 0.186. The summed E-state index contributed by atoms with van der Waals surface area (Å²) in [5.41, 5.74) is 0.882. The second kappa shape index (κ2) is 5.91. The third-order valence-corrected chi connectivity index (χ3v) is 2.84. The molecular formula is C12H9F3N2O2S. The molecule has 0 bridgehead atoms. The predicted octanol–water partition coefficient (Wildman–Crippen LogP) is 3.34. The van der Waals surface area contributed by atoms with Gasteiger partial charge in [-0.3, -0.25) is 4.79 Å². The number of ether oxygens (including phenoxy) is 1. The highest BCUT2D eigenvalue weighted by atomic mass is 32.1. The molecule has 2 heterocycles. The van der Waals surface area contributed by atoms with E-state index in [1.165, 1.54) is 23.5 Å². The number of nitrogens with zero attached hydrogens (tertiary/aromatic N) is 1. The summed E-state index contributed by atoms with van der Waals surface area (Å²) in [6.45, 7) is -1.42. The molecule has 0 aliphatic heterocycles. The van der Waals surface area contributed by atoms with Gasteiger partial charge in [-0.15, -0.1) is 0 Å². The van der Waals surface area contributed by atoms with E-state index in [-0.39, 0.29) is 11.4 Å². The average molecular weight is 302 g/mol. The lowest BCUT2D eigenvalue weighted by Gasteiger charge is -2.08. The van der Waals surface area contributed by atoms with Crippen LogP contribution >= 0.6 is 11.3 Å². The van der Waals surface area contributed by atoms with Crippen LogP contribution < -0.4 is 10.1 Å². The lowest BCUT2D eigenvalue weighted by atomic mass is 10.2. The molecule has 2 aromatic heterocycles. The SMILES string of the molecule is O=C(Nc1ccsc1)c1ccc(OCC(F)(F)F)nc1. The zero-order chi connectivity index (χ0) is 14.6. The zero-order valence-electron chi connectivity index (χ0n) is 9.98. The van der Waals surface area contributed by atoms with Crippen molar-refractivity contribution in [3.8, 4) is 5.88 Å². The van der Waals surface area contributed by atoms with Gasteiger partial charge in [0.15, 0.2) is 6.61 Å². The summed E-state index contributed by atoms with van der Waals surface area (Å²) in [6.07, 6.45) is -3.26. The molecule has 2 rings (SSSR count). The summed E-state index contributed by atoms with van der Waals surface area (Å²) >= 11 is 1.43. The first-order chi connectivity index (χ1) is 9.44. The number of thiophene rings is 1. The molecule has 0 unspecified atom stereocenters. The third kappa shape index (κ3) is 4.23. The Morgan fingerprint density at radius 3 is 2.70 bits per heavy atom. The number of rotatable bonds is 4. The molecule has 0 radical (unpaired) electrons. The van der Waals surface area contributed by atoms with E-state index in [9.17, 15) is 18.0 Å². The molecule has 1 N–H and O–H groups in total. The van der Waals surface area contributed by atoms with Gasteiger partial charge in [-0.25, -0.2) is 4.98 Å². The normalized spacial score (nSPS) is 11.2. The number of pyridine rings is 1. The molecule has 0 saturated carbocycles. The van der Waals surface area contributed by atoms with Gasteiger partial charge in [0.05, 0.1) is 11.3 Å². The van der Waals surface area contributed by atoms with Gasteiger partial charge in [0.1, 0.15) is 0 Å². The second-order valence-electron chi connectivity index (χ2n) is 3.76. The van der Waals surface area contributed by atoms with Crippen LogP contribution in [-0.4, -0.2) is 23.7 Å². The van der Waals surface area contributed by atoms with Crippen molar-refractivity contribution in [3.05, 3.63) is 40.7 Å². The lowest BCUT2D eigenvalue weighted by molar-refractivity contribution is -0.154. The molecule has 1 amide bonds. The van der Waals surface area contributed by atoms with Crippen LogP contribution in [0.2, 0.25) is 0 Å². The van der Waals surface area contributed by atoms with Gasteiger partial charge in [-0.1, -0.05) is 0 Å². The quantitative estimate of drug-likeness (QED) is 0.942. The second-order valence-corrected chi connectivity index (χ2v) is 4.54. The molecule has 0 fully saturated rings. The summed E-state index contributed by atoms with van der Waals surface area (Å²) in [5.74, 6) is -0.576. The first-order valence-electron chi connectivity index (χ1n) is 5.43. The molecule has 8 heteroatoms. The minimum atomic E-state index is -4.42. The van der Waals surface area contributed by atoms with Gasteiger partial charge in [-0.2, -0.15) is 24.5 Å². The van der Waals surface area contributed by atoms with Crippen molar-refractivity contribution < 1.29 is 22.7 Å². The lowest BCUT2D eigenvalue weighted by Crippen LogP contribution is -2.19. The summed E-state index contributed by atoms with van der Waals surface area (Å²) in [7, 11) is 0. The van der Waals surface area contributed by atoms with E-state index >= 15 is 0 Å². The van der Waals surface area contributed by atoms with Crippen LogP contribution in [0.1, 0.15) is 10.4 Å². The summed E-state index contributed by atoms with van der Waals surface area (Å²) in [4.78, 5) is 15.4. The van der Waals surface area contributed by atoms with E-state index in [4.69, 9.17) is 0 Å².